The van der Waals surface area contributed by atoms with E-state index >= 15 is 0 Å². The van der Waals surface area contributed by atoms with Crippen molar-refractivity contribution < 1.29 is 19.7 Å². The monoisotopic (exact) mass is 594 g/mol. The van der Waals surface area contributed by atoms with Crippen molar-refractivity contribution in [2.75, 3.05) is 0 Å². The van der Waals surface area contributed by atoms with Crippen LogP contribution in [0.5, 0.6) is 17.2 Å². The number of aromatic hydroxyl groups is 3. The molecule has 0 aliphatic rings. The van der Waals surface area contributed by atoms with Crippen LogP contribution in [-0.4, -0.2) is 15.3 Å². The third kappa shape index (κ3) is 3.67. The normalized spacial score (nSPS) is 11.7. The molecule has 9 rings (SSSR count). The molecule has 0 bridgehead atoms. The highest BCUT2D eigenvalue weighted by atomic mass is 16.3. The lowest BCUT2D eigenvalue weighted by atomic mass is 9.83. The Morgan fingerprint density at radius 1 is 0.413 bits per heavy atom. The summed E-state index contributed by atoms with van der Waals surface area (Å²) in [7, 11) is 0. The number of hydrogen-bond donors (Lipinski definition) is 3. The molecule has 4 heteroatoms. The van der Waals surface area contributed by atoms with E-state index in [9.17, 15) is 15.3 Å². The summed E-state index contributed by atoms with van der Waals surface area (Å²) in [5, 5.41) is 42.1. The molecule has 3 N–H and O–H groups in total. The summed E-state index contributed by atoms with van der Waals surface area (Å²) in [5.41, 5.74) is 5.63. The van der Waals surface area contributed by atoms with E-state index in [-0.39, 0.29) is 28.4 Å². The highest BCUT2D eigenvalue weighted by molar-refractivity contribution is 6.27. The van der Waals surface area contributed by atoms with Gasteiger partial charge in [0.15, 0.2) is 0 Å². The van der Waals surface area contributed by atoms with Gasteiger partial charge in [-0.3, -0.25) is 0 Å². The van der Waals surface area contributed by atoms with Crippen LogP contribution in [0.4, 0.5) is 0 Å². The van der Waals surface area contributed by atoms with Gasteiger partial charge in [-0.1, -0.05) is 121 Å². The molecule has 9 aromatic rings. The van der Waals surface area contributed by atoms with Gasteiger partial charge in [-0.2, -0.15) is 0 Å². The Hall–Kier alpha value is -6.26. The van der Waals surface area contributed by atoms with Gasteiger partial charge in [0.1, 0.15) is 28.4 Å². The number of furan rings is 1. The second kappa shape index (κ2) is 9.88. The maximum absolute atomic E-state index is 11.8. The first-order chi connectivity index (χ1) is 22.6. The third-order valence-corrected chi connectivity index (χ3v) is 9.16. The lowest BCUT2D eigenvalue weighted by Crippen LogP contribution is -1.93. The van der Waals surface area contributed by atoms with Gasteiger partial charge in [0.25, 0.3) is 0 Å². The van der Waals surface area contributed by atoms with Gasteiger partial charge in [0.2, 0.25) is 0 Å². The summed E-state index contributed by atoms with van der Waals surface area (Å²) in [6, 6.07) is 45.5. The molecule has 0 radical (unpaired) electrons. The zero-order valence-corrected chi connectivity index (χ0v) is 24.5. The van der Waals surface area contributed by atoms with Gasteiger partial charge in [0.05, 0.1) is 11.1 Å². The molecule has 0 aliphatic carbocycles. The number of phenolic OH excluding ortho intramolecular Hbond substituents is 3. The second-order valence-corrected chi connectivity index (χ2v) is 11.7. The van der Waals surface area contributed by atoms with E-state index in [1.165, 1.54) is 6.07 Å². The van der Waals surface area contributed by atoms with Crippen molar-refractivity contribution in [3.8, 4) is 50.6 Å². The Kier molecular flexibility index (Phi) is 5.62. The largest absolute Gasteiger partial charge is 0.507 e. The Morgan fingerprint density at radius 2 is 1.00 bits per heavy atom. The van der Waals surface area contributed by atoms with Crippen molar-refractivity contribution >= 4 is 54.3 Å². The Labute approximate surface area is 263 Å². The second-order valence-electron chi connectivity index (χ2n) is 11.7. The molecule has 8 aromatic carbocycles. The van der Waals surface area contributed by atoms with E-state index in [0.717, 1.165) is 65.4 Å². The fraction of sp³-hybridized carbons (Fsp3) is 0. The van der Waals surface area contributed by atoms with E-state index in [1.807, 2.05) is 91.0 Å². The molecule has 0 spiro atoms. The van der Waals surface area contributed by atoms with Gasteiger partial charge in [0, 0.05) is 27.8 Å². The Balaban J connectivity index is 1.42. The predicted octanol–water partition coefficient (Wildman–Crippen LogP) is 11.2. The minimum absolute atomic E-state index is 0.179. The molecule has 4 nitrogen and oxygen atoms in total. The van der Waals surface area contributed by atoms with Crippen LogP contribution in [-0.2, 0) is 0 Å². The summed E-state index contributed by atoms with van der Waals surface area (Å²) in [6.45, 7) is 0. The maximum Gasteiger partial charge on any atom is 0.143 e. The summed E-state index contributed by atoms with van der Waals surface area (Å²) >= 11 is 0. The summed E-state index contributed by atoms with van der Waals surface area (Å²) in [4.78, 5) is 0. The van der Waals surface area contributed by atoms with Crippen molar-refractivity contribution in [3.63, 3.8) is 0 Å². The molecule has 0 amide bonds. The van der Waals surface area contributed by atoms with Gasteiger partial charge in [-0.15, -0.1) is 0 Å². The van der Waals surface area contributed by atoms with Crippen LogP contribution in [0, 0.1) is 0 Å². The van der Waals surface area contributed by atoms with E-state index < -0.39 is 0 Å². The van der Waals surface area contributed by atoms with Crippen molar-refractivity contribution in [1.82, 2.24) is 0 Å². The van der Waals surface area contributed by atoms with E-state index in [4.69, 9.17) is 4.42 Å². The zero-order chi connectivity index (χ0) is 30.9. The first-order valence-corrected chi connectivity index (χ1v) is 15.2. The number of rotatable bonds is 3. The molecule has 0 atom stereocenters. The minimum Gasteiger partial charge on any atom is -0.507 e. The number of phenols is 3. The third-order valence-electron chi connectivity index (χ3n) is 9.16. The van der Waals surface area contributed by atoms with E-state index in [0.29, 0.717) is 11.1 Å². The Bertz CT molecular complexity index is 2610. The zero-order valence-electron chi connectivity index (χ0n) is 24.5. The molecule has 1 aromatic heterocycles. The standard InChI is InChI=1S/C42H26O4/c43-33-23-34(44)40(41(45)36(33)25-12-2-1-3-13-25)39-29-17-8-6-15-27(29)37(28-16-7-9-18-30(28)39)31-19-10-20-35-38(31)32-22-21-24-11-4-5-14-26(24)42(32)46-35/h1-23,43-45H. The molecule has 0 saturated carbocycles. The molecule has 0 saturated heterocycles. The molecule has 218 valence electrons. The van der Waals surface area contributed by atoms with Gasteiger partial charge in [-0.05, 0) is 55.8 Å². The predicted molar refractivity (Wildman–Crippen MR) is 188 cm³/mol. The molecule has 0 fully saturated rings. The molecular formula is C42H26O4. The van der Waals surface area contributed by atoms with Gasteiger partial charge >= 0.3 is 0 Å². The smallest absolute Gasteiger partial charge is 0.143 e. The van der Waals surface area contributed by atoms with Crippen LogP contribution in [0.15, 0.2) is 144 Å². The lowest BCUT2D eigenvalue weighted by Gasteiger charge is -2.20. The number of benzene rings is 8. The molecule has 0 aliphatic heterocycles. The van der Waals surface area contributed by atoms with Crippen LogP contribution in [0.2, 0.25) is 0 Å². The van der Waals surface area contributed by atoms with Crippen molar-refractivity contribution in [3.05, 3.63) is 140 Å². The quantitative estimate of drug-likeness (QED) is 0.178. The fourth-order valence-corrected chi connectivity index (χ4v) is 7.23. The van der Waals surface area contributed by atoms with Crippen LogP contribution < -0.4 is 0 Å². The van der Waals surface area contributed by atoms with Gasteiger partial charge < -0.3 is 19.7 Å². The molecular weight excluding hydrogens is 568 g/mol. The van der Waals surface area contributed by atoms with Crippen molar-refractivity contribution in [1.29, 1.82) is 0 Å². The van der Waals surface area contributed by atoms with Crippen LogP contribution >= 0.6 is 0 Å². The highest BCUT2D eigenvalue weighted by Crippen LogP contribution is 2.54. The average Bonchev–Trinajstić information content (AvgIpc) is 3.48. The Morgan fingerprint density at radius 3 is 1.70 bits per heavy atom. The fourth-order valence-electron chi connectivity index (χ4n) is 7.23. The summed E-state index contributed by atoms with van der Waals surface area (Å²) < 4.78 is 6.55. The van der Waals surface area contributed by atoms with Crippen LogP contribution in [0.25, 0.3) is 87.6 Å². The first-order valence-electron chi connectivity index (χ1n) is 15.2. The summed E-state index contributed by atoms with van der Waals surface area (Å²) in [6.07, 6.45) is 0. The SMILES string of the molecule is Oc1cc(O)c(-c2c3ccccc3c(-c3cccc4oc5c6ccccc6ccc5c34)c3ccccc23)c(O)c1-c1ccccc1. The first kappa shape index (κ1) is 26.2. The van der Waals surface area contributed by atoms with Crippen molar-refractivity contribution in [2.24, 2.45) is 0 Å². The number of hydrogen-bond acceptors (Lipinski definition) is 4. The molecule has 1 heterocycles. The summed E-state index contributed by atoms with van der Waals surface area (Å²) in [5.74, 6) is -0.574. The van der Waals surface area contributed by atoms with Gasteiger partial charge in [-0.25, -0.2) is 0 Å². The highest BCUT2D eigenvalue weighted by Gasteiger charge is 2.26. The molecule has 46 heavy (non-hydrogen) atoms. The molecule has 0 unspecified atom stereocenters. The van der Waals surface area contributed by atoms with E-state index in [2.05, 4.69) is 42.5 Å². The van der Waals surface area contributed by atoms with E-state index in [1.54, 1.807) is 0 Å². The minimum atomic E-state index is -0.201. The maximum atomic E-state index is 11.8. The van der Waals surface area contributed by atoms with Crippen molar-refractivity contribution in [2.45, 2.75) is 0 Å². The van der Waals surface area contributed by atoms with Crippen LogP contribution in [0.3, 0.4) is 0 Å². The van der Waals surface area contributed by atoms with Crippen LogP contribution in [0.1, 0.15) is 0 Å². The average molecular weight is 595 g/mol. The lowest BCUT2D eigenvalue weighted by molar-refractivity contribution is 0.433. The number of fused-ring (bicyclic) bond motifs is 7. The topological polar surface area (TPSA) is 73.8 Å².